The molecule has 0 aliphatic heterocycles. The van der Waals surface area contributed by atoms with Gasteiger partial charge in [-0.3, -0.25) is 4.79 Å². The number of carbonyl (C=O) groups is 1. The standard InChI is InChI=1S/C14H25NO3/c1-11(2)10-18-8-7-15-13-6-4-5-12(9-13)14(16)17-3/h12-13,15H,1,4-10H2,2-3H3. The highest BCUT2D eigenvalue weighted by molar-refractivity contribution is 5.72. The van der Waals surface area contributed by atoms with E-state index >= 15 is 0 Å². The molecule has 1 N–H and O–H groups in total. The molecule has 1 rings (SSSR count). The molecule has 0 aromatic heterocycles. The fraction of sp³-hybridized carbons (Fsp3) is 0.786. The molecule has 1 fully saturated rings. The summed E-state index contributed by atoms with van der Waals surface area (Å²) >= 11 is 0. The van der Waals surface area contributed by atoms with Crippen molar-refractivity contribution in [3.05, 3.63) is 12.2 Å². The molecule has 18 heavy (non-hydrogen) atoms. The van der Waals surface area contributed by atoms with Crippen molar-refractivity contribution in [3.63, 3.8) is 0 Å². The number of esters is 1. The van der Waals surface area contributed by atoms with Gasteiger partial charge in [-0.2, -0.15) is 0 Å². The summed E-state index contributed by atoms with van der Waals surface area (Å²) in [5.74, 6) is -0.00220. The first kappa shape index (κ1) is 15.2. The van der Waals surface area contributed by atoms with Crippen molar-refractivity contribution < 1.29 is 14.3 Å². The van der Waals surface area contributed by atoms with Crippen LogP contribution in [0.4, 0.5) is 0 Å². The van der Waals surface area contributed by atoms with Crippen molar-refractivity contribution in [2.45, 2.75) is 38.6 Å². The zero-order valence-electron chi connectivity index (χ0n) is 11.5. The van der Waals surface area contributed by atoms with Crippen LogP contribution in [0.5, 0.6) is 0 Å². The summed E-state index contributed by atoms with van der Waals surface area (Å²) in [6.07, 6.45) is 4.06. The molecular weight excluding hydrogens is 230 g/mol. The predicted molar refractivity (Wildman–Crippen MR) is 71.4 cm³/mol. The molecule has 1 aliphatic carbocycles. The van der Waals surface area contributed by atoms with Gasteiger partial charge in [0.15, 0.2) is 0 Å². The Hall–Kier alpha value is -0.870. The lowest BCUT2D eigenvalue weighted by molar-refractivity contribution is -0.146. The molecule has 0 heterocycles. The second kappa shape index (κ2) is 8.27. The third kappa shape index (κ3) is 5.65. The van der Waals surface area contributed by atoms with E-state index in [1.165, 1.54) is 7.11 Å². The molecule has 0 radical (unpaired) electrons. The van der Waals surface area contributed by atoms with Crippen molar-refractivity contribution in [2.24, 2.45) is 5.92 Å². The van der Waals surface area contributed by atoms with E-state index in [0.717, 1.165) is 37.8 Å². The molecule has 1 aliphatic rings. The van der Waals surface area contributed by atoms with Crippen LogP contribution in [0.3, 0.4) is 0 Å². The third-order valence-electron chi connectivity index (χ3n) is 3.24. The maximum Gasteiger partial charge on any atom is 0.308 e. The van der Waals surface area contributed by atoms with Gasteiger partial charge in [-0.25, -0.2) is 0 Å². The fourth-order valence-electron chi connectivity index (χ4n) is 2.34. The molecule has 4 heteroatoms. The van der Waals surface area contributed by atoms with E-state index in [1.54, 1.807) is 0 Å². The number of rotatable bonds is 7. The molecule has 2 unspecified atom stereocenters. The van der Waals surface area contributed by atoms with Crippen LogP contribution < -0.4 is 5.32 Å². The second-order valence-corrected chi connectivity index (χ2v) is 5.05. The maximum atomic E-state index is 11.5. The van der Waals surface area contributed by atoms with Crippen molar-refractivity contribution in [2.75, 3.05) is 26.9 Å². The number of carbonyl (C=O) groups excluding carboxylic acids is 1. The summed E-state index contributed by atoms with van der Waals surface area (Å²) in [6.45, 7) is 7.87. The quantitative estimate of drug-likeness (QED) is 0.429. The number of methoxy groups -OCH3 is 1. The minimum atomic E-state index is -0.0694. The van der Waals surface area contributed by atoms with Crippen LogP contribution in [0.2, 0.25) is 0 Å². The predicted octanol–water partition coefficient (Wildman–Crippen LogP) is 1.90. The lowest BCUT2D eigenvalue weighted by Crippen LogP contribution is -2.38. The summed E-state index contributed by atoms with van der Waals surface area (Å²) in [7, 11) is 1.46. The van der Waals surface area contributed by atoms with Crippen molar-refractivity contribution in [1.29, 1.82) is 0 Å². The normalized spacial score (nSPS) is 23.7. The first-order valence-electron chi connectivity index (χ1n) is 6.66. The molecule has 4 nitrogen and oxygen atoms in total. The molecule has 104 valence electrons. The topological polar surface area (TPSA) is 47.6 Å². The van der Waals surface area contributed by atoms with E-state index in [9.17, 15) is 4.79 Å². The number of nitrogens with one attached hydrogen (secondary N) is 1. The largest absolute Gasteiger partial charge is 0.469 e. The van der Waals surface area contributed by atoms with Crippen LogP contribution in [0.1, 0.15) is 32.6 Å². The SMILES string of the molecule is C=C(C)COCCNC1CCCC(C(=O)OC)C1. The minimum Gasteiger partial charge on any atom is -0.469 e. The van der Waals surface area contributed by atoms with Gasteiger partial charge < -0.3 is 14.8 Å². The molecule has 2 atom stereocenters. The summed E-state index contributed by atoms with van der Waals surface area (Å²) in [5, 5.41) is 3.44. The first-order valence-corrected chi connectivity index (χ1v) is 6.66. The van der Waals surface area contributed by atoms with E-state index in [-0.39, 0.29) is 11.9 Å². The summed E-state index contributed by atoms with van der Waals surface area (Å²) in [5.41, 5.74) is 1.04. The first-order chi connectivity index (χ1) is 8.63. The highest BCUT2D eigenvalue weighted by Gasteiger charge is 2.27. The lowest BCUT2D eigenvalue weighted by Gasteiger charge is -2.28. The van der Waals surface area contributed by atoms with Crippen LogP contribution in [0.15, 0.2) is 12.2 Å². The second-order valence-electron chi connectivity index (χ2n) is 5.05. The van der Waals surface area contributed by atoms with Crippen LogP contribution in [0, 0.1) is 5.92 Å². The van der Waals surface area contributed by atoms with Gasteiger partial charge in [-0.1, -0.05) is 18.6 Å². The lowest BCUT2D eigenvalue weighted by atomic mass is 9.86. The van der Waals surface area contributed by atoms with Gasteiger partial charge >= 0.3 is 5.97 Å². The Balaban J connectivity index is 2.14. The van der Waals surface area contributed by atoms with E-state index in [1.807, 2.05) is 6.92 Å². The van der Waals surface area contributed by atoms with Gasteiger partial charge in [-0.15, -0.1) is 0 Å². The summed E-state index contributed by atoms with van der Waals surface area (Å²) < 4.78 is 10.2. The van der Waals surface area contributed by atoms with Crippen molar-refractivity contribution in [3.8, 4) is 0 Å². The molecular formula is C14H25NO3. The summed E-state index contributed by atoms with van der Waals surface area (Å²) in [6, 6.07) is 0.413. The Morgan fingerprint density at radius 3 is 2.89 bits per heavy atom. The van der Waals surface area contributed by atoms with Crippen LogP contribution >= 0.6 is 0 Å². The maximum absolute atomic E-state index is 11.5. The number of hydrogen-bond donors (Lipinski definition) is 1. The Morgan fingerprint density at radius 1 is 1.44 bits per heavy atom. The minimum absolute atomic E-state index is 0.0672. The van der Waals surface area contributed by atoms with Gasteiger partial charge in [0.1, 0.15) is 0 Å². The molecule has 0 bridgehead atoms. The summed E-state index contributed by atoms with van der Waals surface area (Å²) in [4.78, 5) is 11.5. The van der Waals surface area contributed by atoms with Gasteiger partial charge in [0, 0.05) is 12.6 Å². The van der Waals surface area contributed by atoms with Crippen LogP contribution in [-0.4, -0.2) is 38.9 Å². The van der Waals surface area contributed by atoms with E-state index in [0.29, 0.717) is 19.3 Å². The molecule has 0 aromatic carbocycles. The van der Waals surface area contributed by atoms with Gasteiger partial charge in [-0.05, 0) is 26.2 Å². The Bertz CT molecular complexity index is 278. The van der Waals surface area contributed by atoms with Gasteiger partial charge in [0.25, 0.3) is 0 Å². The Morgan fingerprint density at radius 2 is 2.22 bits per heavy atom. The van der Waals surface area contributed by atoms with Crippen LogP contribution in [0.25, 0.3) is 0 Å². The molecule has 0 saturated heterocycles. The van der Waals surface area contributed by atoms with Gasteiger partial charge in [0.05, 0.1) is 26.2 Å². The molecule has 0 spiro atoms. The molecule has 1 saturated carbocycles. The average molecular weight is 255 g/mol. The van der Waals surface area contributed by atoms with E-state index < -0.39 is 0 Å². The highest BCUT2D eigenvalue weighted by Crippen LogP contribution is 2.25. The van der Waals surface area contributed by atoms with E-state index in [4.69, 9.17) is 9.47 Å². The highest BCUT2D eigenvalue weighted by atomic mass is 16.5. The average Bonchev–Trinajstić information content (AvgIpc) is 2.37. The smallest absolute Gasteiger partial charge is 0.308 e. The van der Waals surface area contributed by atoms with Crippen molar-refractivity contribution in [1.82, 2.24) is 5.32 Å². The van der Waals surface area contributed by atoms with Crippen molar-refractivity contribution >= 4 is 5.97 Å². The Kier molecular flexibility index (Phi) is 6.98. The fourth-order valence-corrected chi connectivity index (χ4v) is 2.34. The molecule has 0 aromatic rings. The zero-order chi connectivity index (χ0) is 13.4. The monoisotopic (exact) mass is 255 g/mol. The third-order valence-corrected chi connectivity index (χ3v) is 3.24. The van der Waals surface area contributed by atoms with Gasteiger partial charge in [0.2, 0.25) is 0 Å². The molecule has 0 amide bonds. The Labute approximate surface area is 110 Å². The zero-order valence-corrected chi connectivity index (χ0v) is 11.5. The number of ether oxygens (including phenoxy) is 2. The van der Waals surface area contributed by atoms with E-state index in [2.05, 4.69) is 11.9 Å². The van der Waals surface area contributed by atoms with Crippen LogP contribution in [-0.2, 0) is 14.3 Å². The number of hydrogen-bond acceptors (Lipinski definition) is 4.